The van der Waals surface area contributed by atoms with Crippen molar-refractivity contribution in [3.63, 3.8) is 0 Å². The number of alkyl carbamates (subject to hydrolysis) is 1. The first-order chi connectivity index (χ1) is 23.6. The maximum absolute atomic E-state index is 13.7. The predicted molar refractivity (Wildman–Crippen MR) is 197 cm³/mol. The summed E-state index contributed by atoms with van der Waals surface area (Å²) >= 11 is 0. The summed E-state index contributed by atoms with van der Waals surface area (Å²) in [7, 11) is 0. The Kier molecular flexibility index (Phi) is 11.3. The van der Waals surface area contributed by atoms with Crippen molar-refractivity contribution in [2.24, 2.45) is 46.3 Å². The lowest BCUT2D eigenvalue weighted by Gasteiger charge is -2.58. The van der Waals surface area contributed by atoms with Gasteiger partial charge in [-0.1, -0.05) is 126 Å². The molecule has 4 aliphatic carbocycles. The van der Waals surface area contributed by atoms with Crippen LogP contribution in [0.5, 0.6) is 0 Å². The van der Waals surface area contributed by atoms with E-state index in [1.165, 1.54) is 56.9 Å². The van der Waals surface area contributed by atoms with E-state index >= 15 is 0 Å². The van der Waals surface area contributed by atoms with Crippen LogP contribution in [0.3, 0.4) is 0 Å². The topological polar surface area (TPSA) is 64.6 Å². The first kappa shape index (κ1) is 35.7. The van der Waals surface area contributed by atoms with Crippen molar-refractivity contribution in [3.05, 3.63) is 83.4 Å². The fourth-order valence-electron chi connectivity index (χ4n) is 10.9. The molecule has 2 aromatic carbocycles. The van der Waals surface area contributed by atoms with E-state index in [4.69, 9.17) is 9.47 Å². The summed E-state index contributed by atoms with van der Waals surface area (Å²) in [4.78, 5) is 26.6. The van der Waals surface area contributed by atoms with E-state index in [0.717, 1.165) is 65.9 Å². The fraction of sp³-hybridized carbons (Fsp3) is 0.636. The predicted octanol–water partition coefficient (Wildman–Crippen LogP) is 10.5. The van der Waals surface area contributed by atoms with Crippen molar-refractivity contribution >= 4 is 12.1 Å². The van der Waals surface area contributed by atoms with Crippen molar-refractivity contribution < 1.29 is 19.1 Å². The lowest BCUT2D eigenvalue weighted by Crippen LogP contribution is -2.51. The van der Waals surface area contributed by atoms with Gasteiger partial charge in [-0.25, -0.2) is 9.59 Å². The van der Waals surface area contributed by atoms with Gasteiger partial charge in [0.1, 0.15) is 18.8 Å². The van der Waals surface area contributed by atoms with Gasteiger partial charge in [-0.15, -0.1) is 0 Å². The maximum atomic E-state index is 13.7. The molecule has 0 aliphatic heterocycles. The number of amides is 1. The monoisotopic (exact) mass is 667 g/mol. The van der Waals surface area contributed by atoms with Gasteiger partial charge < -0.3 is 14.8 Å². The average Bonchev–Trinajstić information content (AvgIpc) is 3.45. The molecule has 266 valence electrons. The van der Waals surface area contributed by atoms with E-state index in [2.05, 4.69) is 46.0 Å². The number of fused-ring (bicyclic) bond motifs is 5. The van der Waals surface area contributed by atoms with Crippen LogP contribution in [0, 0.1) is 46.3 Å². The van der Waals surface area contributed by atoms with Gasteiger partial charge in [-0.05, 0) is 102 Å². The summed E-state index contributed by atoms with van der Waals surface area (Å²) in [5, 5.41) is 2.83. The molecule has 5 nitrogen and oxygen atoms in total. The molecule has 0 spiro atoms. The van der Waals surface area contributed by atoms with E-state index in [1.54, 1.807) is 0 Å². The number of nitrogens with one attached hydrogen (secondary N) is 1. The van der Waals surface area contributed by atoms with Gasteiger partial charge in [-0.2, -0.15) is 0 Å². The van der Waals surface area contributed by atoms with Crippen LogP contribution in [-0.2, 0) is 27.3 Å². The van der Waals surface area contributed by atoms with Gasteiger partial charge in [-0.3, -0.25) is 0 Å². The minimum atomic E-state index is -0.817. The smallest absolute Gasteiger partial charge is 0.408 e. The highest BCUT2D eigenvalue weighted by Crippen LogP contribution is 2.67. The van der Waals surface area contributed by atoms with Gasteiger partial charge in [0.15, 0.2) is 0 Å². The molecule has 49 heavy (non-hydrogen) atoms. The second-order valence-electron chi connectivity index (χ2n) is 17.0. The Morgan fingerprint density at radius 3 is 2.29 bits per heavy atom. The Labute approximate surface area is 296 Å². The molecule has 3 fully saturated rings. The summed E-state index contributed by atoms with van der Waals surface area (Å²) in [6.07, 6.45) is 15.7. The molecule has 1 N–H and O–H groups in total. The van der Waals surface area contributed by atoms with Gasteiger partial charge in [0, 0.05) is 12.8 Å². The minimum absolute atomic E-state index is 0.148. The summed E-state index contributed by atoms with van der Waals surface area (Å²) < 4.78 is 11.7. The Morgan fingerprint density at radius 1 is 0.857 bits per heavy atom. The first-order valence-corrected chi connectivity index (χ1v) is 19.5. The minimum Gasteiger partial charge on any atom is -0.461 e. The van der Waals surface area contributed by atoms with Crippen LogP contribution in [0.25, 0.3) is 0 Å². The number of hydrogen-bond donors (Lipinski definition) is 1. The summed E-state index contributed by atoms with van der Waals surface area (Å²) in [6.45, 7) is 12.6. The van der Waals surface area contributed by atoms with Crippen molar-refractivity contribution in [3.8, 4) is 0 Å². The first-order valence-electron chi connectivity index (χ1n) is 19.5. The zero-order chi connectivity index (χ0) is 34.6. The maximum Gasteiger partial charge on any atom is 0.408 e. The summed E-state index contributed by atoms with van der Waals surface area (Å²) in [5.41, 5.74) is 4.05. The third kappa shape index (κ3) is 7.97. The van der Waals surface area contributed by atoms with E-state index < -0.39 is 12.1 Å². The second kappa shape index (κ2) is 15.4. The van der Waals surface area contributed by atoms with Crippen molar-refractivity contribution in [1.82, 2.24) is 5.32 Å². The molecule has 0 aromatic heterocycles. The third-order valence-electron chi connectivity index (χ3n) is 13.6. The third-order valence-corrected chi connectivity index (χ3v) is 13.6. The molecular weight excluding hydrogens is 606 g/mol. The van der Waals surface area contributed by atoms with Gasteiger partial charge in [0.05, 0.1) is 0 Å². The number of esters is 1. The Bertz CT molecular complexity index is 1440. The zero-order valence-corrected chi connectivity index (χ0v) is 30.8. The van der Waals surface area contributed by atoms with E-state index in [1.807, 2.05) is 60.7 Å². The number of carbonyl (C=O) groups is 2. The Balaban J connectivity index is 1.08. The molecule has 0 saturated heterocycles. The van der Waals surface area contributed by atoms with Gasteiger partial charge >= 0.3 is 12.1 Å². The average molecular weight is 668 g/mol. The molecule has 0 radical (unpaired) electrons. The molecule has 5 heteroatoms. The van der Waals surface area contributed by atoms with Crippen LogP contribution in [0.4, 0.5) is 4.79 Å². The molecule has 6 rings (SSSR count). The zero-order valence-electron chi connectivity index (χ0n) is 30.8. The van der Waals surface area contributed by atoms with Crippen molar-refractivity contribution in [2.45, 2.75) is 130 Å². The van der Waals surface area contributed by atoms with Crippen LogP contribution in [0.2, 0.25) is 0 Å². The molecule has 3 saturated carbocycles. The SMILES string of the molecule is CC(C)CCC[C@@H](C)[C@H]1CC[C@H]2[C@@H]3CC=C4C[C@@H](OC(=O)C(Cc5ccccc5)NC(=O)OCc5ccccc5)CC[C@]4(C)[C@H]3CC[C@]12C. The second-order valence-corrected chi connectivity index (χ2v) is 17.0. The van der Waals surface area contributed by atoms with E-state index in [-0.39, 0.29) is 24.1 Å². The normalized spacial score (nSPS) is 31.8. The molecule has 2 aromatic rings. The lowest BCUT2D eigenvalue weighted by molar-refractivity contribution is -0.154. The number of allylic oxidation sites excluding steroid dienone is 1. The molecule has 4 aliphatic rings. The molecular formula is C44H61NO4. The highest BCUT2D eigenvalue weighted by molar-refractivity contribution is 5.81. The molecule has 0 heterocycles. The van der Waals surface area contributed by atoms with E-state index in [9.17, 15) is 9.59 Å². The quantitative estimate of drug-likeness (QED) is 0.181. The molecule has 0 bridgehead atoms. The van der Waals surface area contributed by atoms with Crippen LogP contribution in [0.1, 0.15) is 116 Å². The molecule has 9 atom stereocenters. The standard InChI is InChI=1S/C44H61NO4/c1-30(2)13-12-14-31(3)37-21-22-38-36-20-19-34-28-35(23-25-43(34,4)39(36)24-26-44(37,38)5)49-41(46)40(27-32-15-8-6-9-16-32)45-42(47)48-29-33-17-10-7-11-18-33/h6-11,15-19,30-31,35-40H,12-14,20-29H2,1-5H3,(H,45,47)/t31-,35+,36+,37-,38+,39+,40?,43+,44-/m1/s1. The van der Waals surface area contributed by atoms with Crippen LogP contribution >= 0.6 is 0 Å². The van der Waals surface area contributed by atoms with Gasteiger partial charge in [0.25, 0.3) is 0 Å². The number of rotatable bonds is 12. The Hall–Kier alpha value is -3.08. The molecule has 1 unspecified atom stereocenters. The highest BCUT2D eigenvalue weighted by atomic mass is 16.6. The van der Waals surface area contributed by atoms with Crippen molar-refractivity contribution in [1.29, 1.82) is 0 Å². The van der Waals surface area contributed by atoms with Crippen LogP contribution in [0.15, 0.2) is 72.3 Å². The Morgan fingerprint density at radius 2 is 1.57 bits per heavy atom. The van der Waals surface area contributed by atoms with Crippen LogP contribution in [-0.4, -0.2) is 24.2 Å². The van der Waals surface area contributed by atoms with Crippen LogP contribution < -0.4 is 5.32 Å². The largest absolute Gasteiger partial charge is 0.461 e. The summed E-state index contributed by atoms with van der Waals surface area (Å²) in [6, 6.07) is 18.6. The lowest BCUT2D eigenvalue weighted by atomic mass is 9.47. The number of hydrogen-bond acceptors (Lipinski definition) is 4. The fourth-order valence-corrected chi connectivity index (χ4v) is 10.9. The number of benzene rings is 2. The summed E-state index contributed by atoms with van der Waals surface area (Å²) in [5.74, 6) is 4.46. The number of carbonyl (C=O) groups excluding carboxylic acids is 2. The highest BCUT2D eigenvalue weighted by Gasteiger charge is 2.59. The van der Waals surface area contributed by atoms with Crippen molar-refractivity contribution in [2.75, 3.05) is 0 Å². The number of ether oxygens (including phenoxy) is 2. The molecule has 1 amide bonds. The van der Waals surface area contributed by atoms with Gasteiger partial charge in [0.2, 0.25) is 0 Å². The van der Waals surface area contributed by atoms with E-state index in [0.29, 0.717) is 11.8 Å².